The second-order valence-electron chi connectivity index (χ2n) is 8.11. The number of nitrogens with zero attached hydrogens (tertiary/aromatic N) is 4. The number of nitro groups is 2. The zero-order valence-corrected chi connectivity index (χ0v) is 20.9. The molecule has 16 heteroatoms. The lowest BCUT2D eigenvalue weighted by Gasteiger charge is -2.24. The summed E-state index contributed by atoms with van der Waals surface area (Å²) in [5, 5.41) is 26.5. The minimum absolute atomic E-state index is 0.0169. The molecule has 0 saturated carbocycles. The van der Waals surface area contributed by atoms with Gasteiger partial charge in [0.05, 0.1) is 4.92 Å². The van der Waals surface area contributed by atoms with Gasteiger partial charge in [0.15, 0.2) is 17.0 Å². The number of carbonyl (C=O) groups excluding carboxylic acids is 3. The average Bonchev–Trinajstić information content (AvgIpc) is 2.89. The number of nitrogens with one attached hydrogen (secondary N) is 2. The number of nitro benzene ring substituents is 1. The fraction of sp³-hybridized carbons (Fsp3) is 0.304. The molecule has 16 nitrogen and oxygen atoms in total. The van der Waals surface area contributed by atoms with Crippen molar-refractivity contribution in [2.75, 3.05) is 11.9 Å². The van der Waals surface area contributed by atoms with Crippen LogP contribution >= 0.6 is 0 Å². The van der Waals surface area contributed by atoms with Gasteiger partial charge in [-0.05, 0) is 42.5 Å². The Kier molecular flexibility index (Phi) is 11.1. The van der Waals surface area contributed by atoms with Gasteiger partial charge < -0.3 is 26.8 Å². The standard InChI is InChI=1S/C23H28N8O8/c1-15(27-23(34)39-14-16-6-3-2-4-7-16)21(33)29(31(37)38)19(8-5-13-26-22(24)25)20(32)28-17-9-11-18(12-10-17)30(35)36/h2-4,6-7,9-12,15,19H,5,8,13-14H2,1H3,(H,27,34)(H,28,32)(H4,24,25,26)/t15-,19-/m0/s1. The van der Waals surface area contributed by atoms with Crippen molar-refractivity contribution in [1.82, 2.24) is 10.3 Å². The molecule has 0 heterocycles. The summed E-state index contributed by atoms with van der Waals surface area (Å²) in [7, 11) is 0. The molecule has 0 unspecified atom stereocenters. The predicted molar refractivity (Wildman–Crippen MR) is 138 cm³/mol. The molecule has 0 fully saturated rings. The van der Waals surface area contributed by atoms with E-state index in [-0.39, 0.29) is 48.3 Å². The molecular weight excluding hydrogens is 516 g/mol. The number of rotatable bonds is 13. The molecule has 208 valence electrons. The van der Waals surface area contributed by atoms with E-state index in [0.29, 0.717) is 5.56 Å². The normalized spacial score (nSPS) is 11.8. The van der Waals surface area contributed by atoms with Gasteiger partial charge in [0.2, 0.25) is 0 Å². The highest BCUT2D eigenvalue weighted by atomic mass is 16.7. The largest absolute Gasteiger partial charge is 0.445 e. The number of hydrazine groups is 1. The Morgan fingerprint density at radius 2 is 1.69 bits per heavy atom. The molecule has 2 aromatic carbocycles. The van der Waals surface area contributed by atoms with E-state index in [1.165, 1.54) is 19.1 Å². The zero-order chi connectivity index (χ0) is 28.9. The van der Waals surface area contributed by atoms with E-state index in [1.54, 1.807) is 30.3 Å². The number of hydrogen-bond acceptors (Lipinski definition) is 9. The van der Waals surface area contributed by atoms with Gasteiger partial charge in [-0.15, -0.1) is 0 Å². The van der Waals surface area contributed by atoms with Crippen LogP contribution in [0.3, 0.4) is 0 Å². The lowest BCUT2D eigenvalue weighted by Crippen LogP contribution is -2.56. The van der Waals surface area contributed by atoms with Crippen molar-refractivity contribution in [2.45, 2.75) is 38.5 Å². The second-order valence-corrected chi connectivity index (χ2v) is 8.11. The number of guanidine groups is 1. The number of hydrogen-bond donors (Lipinski definition) is 4. The first-order chi connectivity index (χ1) is 18.5. The quantitative estimate of drug-likeness (QED) is 0.0926. The van der Waals surface area contributed by atoms with Crippen LogP contribution in [0.1, 0.15) is 25.3 Å². The lowest BCUT2D eigenvalue weighted by atomic mass is 10.1. The number of non-ortho nitro benzene ring substituents is 1. The Labute approximate surface area is 222 Å². The van der Waals surface area contributed by atoms with Gasteiger partial charge in [-0.3, -0.25) is 24.7 Å². The van der Waals surface area contributed by atoms with Gasteiger partial charge in [0.25, 0.3) is 11.6 Å². The third-order valence-electron chi connectivity index (χ3n) is 5.19. The Morgan fingerprint density at radius 3 is 2.26 bits per heavy atom. The van der Waals surface area contributed by atoms with Crippen molar-refractivity contribution >= 4 is 35.2 Å². The number of carbonyl (C=O) groups is 3. The molecule has 0 aliphatic heterocycles. The molecule has 0 spiro atoms. The SMILES string of the molecule is C[C@H](NC(=O)OCc1ccccc1)C(=O)N([C@@H](CCCN=C(N)N)C(=O)Nc1ccc([N+](=O)[O-])cc1)[N+](=O)[O-]. The number of anilines is 1. The molecule has 0 bridgehead atoms. The molecule has 39 heavy (non-hydrogen) atoms. The number of amides is 3. The summed E-state index contributed by atoms with van der Waals surface area (Å²) in [6.45, 7) is 1.12. The third kappa shape index (κ3) is 9.60. The molecule has 2 rings (SSSR count). The first kappa shape index (κ1) is 29.9. The summed E-state index contributed by atoms with van der Waals surface area (Å²) in [5.74, 6) is -2.37. The molecule has 2 atom stereocenters. The number of alkyl carbamates (subject to hydrolysis) is 1. The van der Waals surface area contributed by atoms with Crippen molar-refractivity contribution in [2.24, 2.45) is 16.5 Å². The molecule has 0 saturated heterocycles. The minimum atomic E-state index is -1.65. The van der Waals surface area contributed by atoms with Crippen molar-refractivity contribution in [3.8, 4) is 0 Å². The monoisotopic (exact) mass is 544 g/mol. The third-order valence-corrected chi connectivity index (χ3v) is 5.19. The van der Waals surface area contributed by atoms with Crippen molar-refractivity contribution in [1.29, 1.82) is 0 Å². The Balaban J connectivity index is 2.17. The highest BCUT2D eigenvalue weighted by Gasteiger charge is 2.41. The first-order valence-corrected chi connectivity index (χ1v) is 11.5. The molecule has 0 aromatic heterocycles. The Bertz CT molecular complexity index is 1200. The first-order valence-electron chi connectivity index (χ1n) is 11.5. The van der Waals surface area contributed by atoms with Gasteiger partial charge in [-0.2, -0.15) is 0 Å². The van der Waals surface area contributed by atoms with Crippen LogP contribution in [-0.4, -0.2) is 57.5 Å². The molecular formula is C23H28N8O8. The molecule has 3 amide bonds. The van der Waals surface area contributed by atoms with Crippen LogP contribution in [0, 0.1) is 20.2 Å². The van der Waals surface area contributed by atoms with E-state index in [0.717, 1.165) is 12.1 Å². The predicted octanol–water partition coefficient (Wildman–Crippen LogP) is 1.29. The maximum Gasteiger partial charge on any atom is 0.408 e. The number of aliphatic imine (C=N–C) groups is 1. The van der Waals surface area contributed by atoms with Crippen molar-refractivity contribution < 1.29 is 29.1 Å². The molecule has 6 N–H and O–H groups in total. The maximum atomic E-state index is 13.1. The summed E-state index contributed by atoms with van der Waals surface area (Å²) in [6, 6.07) is 10.3. The van der Waals surface area contributed by atoms with Gasteiger partial charge in [0, 0.05) is 24.4 Å². The molecule has 0 aliphatic carbocycles. The number of nitrogens with two attached hydrogens (primary N) is 2. The van der Waals surface area contributed by atoms with Gasteiger partial charge in [0.1, 0.15) is 12.6 Å². The van der Waals surface area contributed by atoms with E-state index in [1.807, 2.05) is 0 Å². The summed E-state index contributed by atoms with van der Waals surface area (Å²) in [5.41, 5.74) is 11.1. The Morgan fingerprint density at radius 1 is 1.05 bits per heavy atom. The second kappa shape index (κ2) is 14.5. The highest BCUT2D eigenvalue weighted by Crippen LogP contribution is 2.18. The summed E-state index contributed by atoms with van der Waals surface area (Å²) >= 11 is 0. The summed E-state index contributed by atoms with van der Waals surface area (Å²) in [4.78, 5) is 64.2. The topological polar surface area (TPSA) is 238 Å². The number of benzene rings is 2. The fourth-order valence-electron chi connectivity index (χ4n) is 3.30. The summed E-state index contributed by atoms with van der Waals surface area (Å²) in [6.07, 6.45) is -1.15. The average molecular weight is 545 g/mol. The fourth-order valence-corrected chi connectivity index (χ4v) is 3.30. The molecule has 2 aromatic rings. The van der Waals surface area contributed by atoms with Crippen LogP contribution in [0.2, 0.25) is 0 Å². The van der Waals surface area contributed by atoms with E-state index in [9.17, 15) is 34.6 Å². The highest BCUT2D eigenvalue weighted by molar-refractivity contribution is 5.97. The van der Waals surface area contributed by atoms with Crippen LogP contribution in [0.25, 0.3) is 0 Å². The van der Waals surface area contributed by atoms with Crippen LogP contribution in [0.4, 0.5) is 16.2 Å². The van der Waals surface area contributed by atoms with Crippen molar-refractivity contribution in [3.05, 3.63) is 80.4 Å². The minimum Gasteiger partial charge on any atom is -0.445 e. The lowest BCUT2D eigenvalue weighted by molar-refractivity contribution is -0.640. The van der Waals surface area contributed by atoms with Gasteiger partial charge in [-0.1, -0.05) is 30.3 Å². The van der Waals surface area contributed by atoms with Gasteiger partial charge >= 0.3 is 12.0 Å². The number of ether oxygens (including phenoxy) is 1. The van der Waals surface area contributed by atoms with Crippen LogP contribution in [-0.2, 0) is 20.9 Å². The maximum absolute atomic E-state index is 13.1. The molecule has 0 aliphatic rings. The summed E-state index contributed by atoms with van der Waals surface area (Å²) < 4.78 is 5.05. The zero-order valence-electron chi connectivity index (χ0n) is 20.9. The van der Waals surface area contributed by atoms with Crippen LogP contribution < -0.4 is 22.1 Å². The van der Waals surface area contributed by atoms with Gasteiger partial charge in [-0.25, -0.2) is 14.9 Å². The smallest absolute Gasteiger partial charge is 0.408 e. The van der Waals surface area contributed by atoms with E-state index >= 15 is 0 Å². The van der Waals surface area contributed by atoms with E-state index < -0.39 is 39.9 Å². The molecule has 0 radical (unpaired) electrons. The van der Waals surface area contributed by atoms with E-state index in [2.05, 4.69) is 15.6 Å². The van der Waals surface area contributed by atoms with Crippen molar-refractivity contribution in [3.63, 3.8) is 0 Å². The van der Waals surface area contributed by atoms with E-state index in [4.69, 9.17) is 16.2 Å². The van der Waals surface area contributed by atoms with Crippen LogP contribution in [0.15, 0.2) is 59.6 Å². The van der Waals surface area contributed by atoms with Crippen LogP contribution in [0.5, 0.6) is 0 Å². The Hall–Kier alpha value is -5.28.